The summed E-state index contributed by atoms with van der Waals surface area (Å²) >= 11 is 0. The van der Waals surface area contributed by atoms with Gasteiger partial charge in [-0.3, -0.25) is 4.79 Å². The number of hydrogen-bond donors (Lipinski definition) is 0. The molecular weight excluding hydrogens is 260 g/mol. The Morgan fingerprint density at radius 2 is 1.76 bits per heavy atom. The standard InChI is InChI=1S/C10H15N.C6H13NO.C2H6/c1-5-8-11(9-6-2)10(4)7-3;1-4-6(8)7(3)5-2;1-2/h1,6,9H,4,7-8H2,2-3H3;4-5H2,1-3H3;1-2H3/b9-6-;;. The van der Waals surface area contributed by atoms with Crippen LogP contribution < -0.4 is 0 Å². The van der Waals surface area contributed by atoms with Crippen LogP contribution in [0.15, 0.2) is 24.6 Å². The van der Waals surface area contributed by atoms with Crippen molar-refractivity contribution in [3.05, 3.63) is 24.6 Å². The third kappa shape index (κ3) is 14.5. The highest BCUT2D eigenvalue weighted by Crippen LogP contribution is 2.05. The van der Waals surface area contributed by atoms with Gasteiger partial charge in [0.05, 0.1) is 6.54 Å². The predicted octanol–water partition coefficient (Wildman–Crippen LogP) is 4.28. The molecule has 0 fully saturated rings. The van der Waals surface area contributed by atoms with Gasteiger partial charge < -0.3 is 9.80 Å². The lowest BCUT2D eigenvalue weighted by atomic mass is 10.3. The average molecular weight is 294 g/mol. The summed E-state index contributed by atoms with van der Waals surface area (Å²) in [5.41, 5.74) is 1.06. The van der Waals surface area contributed by atoms with Gasteiger partial charge in [0.25, 0.3) is 0 Å². The van der Waals surface area contributed by atoms with E-state index in [1.165, 1.54) is 0 Å². The maximum Gasteiger partial charge on any atom is 0.222 e. The molecule has 0 heterocycles. The first-order valence-electron chi connectivity index (χ1n) is 7.72. The van der Waals surface area contributed by atoms with Crippen LogP contribution in [0.3, 0.4) is 0 Å². The molecule has 0 aromatic heterocycles. The first kappa shape index (κ1) is 24.3. The van der Waals surface area contributed by atoms with Crippen LogP contribution in [0.4, 0.5) is 0 Å². The molecule has 0 saturated heterocycles. The van der Waals surface area contributed by atoms with Crippen molar-refractivity contribution in [1.29, 1.82) is 0 Å². The van der Waals surface area contributed by atoms with Crippen molar-refractivity contribution in [3.8, 4) is 12.3 Å². The van der Waals surface area contributed by atoms with Crippen LogP contribution in [0.2, 0.25) is 0 Å². The van der Waals surface area contributed by atoms with Gasteiger partial charge in [-0.25, -0.2) is 0 Å². The predicted molar refractivity (Wildman–Crippen MR) is 94.7 cm³/mol. The Hall–Kier alpha value is -1.69. The molecule has 0 aromatic carbocycles. The van der Waals surface area contributed by atoms with E-state index in [0.29, 0.717) is 13.0 Å². The molecule has 122 valence electrons. The van der Waals surface area contributed by atoms with E-state index >= 15 is 0 Å². The Balaban J connectivity index is -0.000000286. The van der Waals surface area contributed by atoms with Gasteiger partial charge >= 0.3 is 0 Å². The zero-order valence-electron chi connectivity index (χ0n) is 15.1. The Morgan fingerprint density at radius 3 is 2.00 bits per heavy atom. The van der Waals surface area contributed by atoms with E-state index in [1.807, 2.05) is 58.8 Å². The number of rotatable bonds is 6. The third-order valence-corrected chi connectivity index (χ3v) is 2.61. The lowest BCUT2D eigenvalue weighted by molar-refractivity contribution is -0.129. The second-order valence-electron chi connectivity index (χ2n) is 4.00. The second kappa shape index (κ2) is 18.3. The van der Waals surface area contributed by atoms with E-state index in [9.17, 15) is 4.79 Å². The van der Waals surface area contributed by atoms with Crippen LogP contribution in [0, 0.1) is 12.3 Å². The van der Waals surface area contributed by atoms with Crippen LogP contribution in [0.5, 0.6) is 0 Å². The molecule has 0 radical (unpaired) electrons. The Bertz CT molecular complexity index is 327. The minimum atomic E-state index is 0.215. The molecule has 0 atom stereocenters. The zero-order chi connectivity index (χ0) is 17.3. The fourth-order valence-corrected chi connectivity index (χ4v) is 1.20. The minimum Gasteiger partial charge on any atom is -0.346 e. The molecular formula is C18H34N2O. The van der Waals surface area contributed by atoms with Crippen molar-refractivity contribution in [3.63, 3.8) is 0 Å². The fraction of sp³-hybridized carbons (Fsp3) is 0.611. The van der Waals surface area contributed by atoms with E-state index < -0.39 is 0 Å². The molecule has 0 spiro atoms. The van der Waals surface area contributed by atoms with E-state index in [0.717, 1.165) is 18.7 Å². The van der Waals surface area contributed by atoms with Crippen molar-refractivity contribution in [1.82, 2.24) is 9.80 Å². The summed E-state index contributed by atoms with van der Waals surface area (Å²) in [5.74, 6) is 2.80. The highest BCUT2D eigenvalue weighted by molar-refractivity contribution is 5.75. The van der Waals surface area contributed by atoms with E-state index in [-0.39, 0.29) is 5.91 Å². The number of amides is 1. The highest BCUT2D eigenvalue weighted by atomic mass is 16.2. The lowest BCUT2D eigenvalue weighted by Gasteiger charge is -2.18. The summed E-state index contributed by atoms with van der Waals surface area (Å²) in [5, 5.41) is 0. The van der Waals surface area contributed by atoms with Crippen molar-refractivity contribution >= 4 is 5.91 Å². The Kier molecular flexibility index (Phi) is 21.2. The molecule has 0 rings (SSSR count). The van der Waals surface area contributed by atoms with E-state index in [1.54, 1.807) is 4.90 Å². The fourth-order valence-electron chi connectivity index (χ4n) is 1.20. The first-order valence-corrected chi connectivity index (χ1v) is 7.72. The molecule has 0 aliphatic carbocycles. The average Bonchev–Trinajstić information content (AvgIpc) is 2.54. The van der Waals surface area contributed by atoms with Gasteiger partial charge in [0.2, 0.25) is 5.91 Å². The van der Waals surface area contributed by atoms with Crippen LogP contribution in [0.25, 0.3) is 0 Å². The first-order chi connectivity index (χ1) is 9.98. The monoisotopic (exact) mass is 294 g/mol. The minimum absolute atomic E-state index is 0.215. The summed E-state index contributed by atoms with van der Waals surface area (Å²) in [7, 11) is 1.81. The molecule has 0 N–H and O–H groups in total. The van der Waals surface area contributed by atoms with Crippen molar-refractivity contribution < 1.29 is 4.79 Å². The molecule has 0 bridgehead atoms. The van der Waals surface area contributed by atoms with Gasteiger partial charge in [-0.05, 0) is 20.3 Å². The largest absolute Gasteiger partial charge is 0.346 e. The van der Waals surface area contributed by atoms with Crippen LogP contribution in [-0.4, -0.2) is 35.8 Å². The maximum atomic E-state index is 10.7. The summed E-state index contributed by atoms with van der Waals surface area (Å²) in [4.78, 5) is 14.3. The molecule has 1 amide bonds. The molecule has 3 heteroatoms. The number of terminal acetylenes is 1. The zero-order valence-corrected chi connectivity index (χ0v) is 15.1. The Morgan fingerprint density at radius 1 is 1.24 bits per heavy atom. The van der Waals surface area contributed by atoms with Crippen LogP contribution >= 0.6 is 0 Å². The number of carbonyl (C=O) groups excluding carboxylic acids is 1. The quantitative estimate of drug-likeness (QED) is 0.683. The smallest absolute Gasteiger partial charge is 0.222 e. The maximum absolute atomic E-state index is 10.7. The van der Waals surface area contributed by atoms with Gasteiger partial charge in [0, 0.05) is 31.9 Å². The number of hydrogen-bond acceptors (Lipinski definition) is 2. The summed E-state index contributed by atoms with van der Waals surface area (Å²) < 4.78 is 0. The molecule has 0 aromatic rings. The molecule has 0 unspecified atom stereocenters. The summed E-state index contributed by atoms with van der Waals surface area (Å²) in [6.07, 6.45) is 10.6. The van der Waals surface area contributed by atoms with Gasteiger partial charge in [-0.2, -0.15) is 0 Å². The molecule has 3 nitrogen and oxygen atoms in total. The third-order valence-electron chi connectivity index (χ3n) is 2.61. The molecule has 0 aliphatic heterocycles. The normalized spacial score (nSPS) is 8.67. The summed E-state index contributed by atoms with van der Waals surface area (Å²) in [6.45, 7) is 17.2. The summed E-state index contributed by atoms with van der Waals surface area (Å²) in [6, 6.07) is 0. The van der Waals surface area contributed by atoms with E-state index in [4.69, 9.17) is 6.42 Å². The number of nitrogens with zero attached hydrogens (tertiary/aromatic N) is 2. The number of allylic oxidation sites excluding steroid dienone is 2. The molecule has 21 heavy (non-hydrogen) atoms. The van der Waals surface area contributed by atoms with Gasteiger partial charge in [-0.1, -0.05) is 46.3 Å². The second-order valence-corrected chi connectivity index (χ2v) is 4.00. The topological polar surface area (TPSA) is 23.6 Å². The van der Waals surface area contributed by atoms with Gasteiger partial charge in [-0.15, -0.1) is 6.42 Å². The highest BCUT2D eigenvalue weighted by Gasteiger charge is 1.99. The SMILES string of the molecule is C#CCN(/C=C\C)C(=C)CC.CC.CCC(=O)N(C)CC. The van der Waals surface area contributed by atoms with Gasteiger partial charge in [0.15, 0.2) is 0 Å². The van der Waals surface area contributed by atoms with Crippen molar-refractivity contribution in [2.75, 3.05) is 20.1 Å². The molecule has 0 saturated carbocycles. The lowest BCUT2D eigenvalue weighted by Crippen LogP contribution is -2.24. The van der Waals surface area contributed by atoms with E-state index in [2.05, 4.69) is 19.4 Å². The van der Waals surface area contributed by atoms with Gasteiger partial charge in [0.1, 0.15) is 0 Å². The van der Waals surface area contributed by atoms with Crippen molar-refractivity contribution in [2.24, 2.45) is 0 Å². The van der Waals surface area contributed by atoms with Crippen LogP contribution in [0.1, 0.15) is 54.4 Å². The Labute approximate surface area is 132 Å². The van der Waals surface area contributed by atoms with Crippen LogP contribution in [-0.2, 0) is 4.79 Å². The number of carbonyl (C=O) groups is 1. The molecule has 0 aliphatic rings. The van der Waals surface area contributed by atoms with Crippen molar-refractivity contribution in [2.45, 2.75) is 54.4 Å².